The third-order valence-corrected chi connectivity index (χ3v) is 7.00. The van der Waals surface area contributed by atoms with E-state index in [-0.39, 0.29) is 24.9 Å². The summed E-state index contributed by atoms with van der Waals surface area (Å²) in [5.74, 6) is 0. The van der Waals surface area contributed by atoms with Gasteiger partial charge in [-0.1, -0.05) is 18.2 Å². The molecular weight excluding hydrogens is 339 g/mol. The highest BCUT2D eigenvalue weighted by molar-refractivity contribution is 6.62. The summed E-state index contributed by atoms with van der Waals surface area (Å²) in [4.78, 5) is 4.97. The monoisotopic (exact) mass is 372 g/mol. The second-order valence-electron chi connectivity index (χ2n) is 9.20. The molecule has 2 heterocycles. The largest absolute Gasteiger partial charge is 0.494 e. The normalized spacial score (nSPS) is 27.9. The topological polar surface area (TPSA) is 45.2 Å². The Hall–Kier alpha value is -0.915. The molecule has 148 valence electrons. The van der Waals surface area contributed by atoms with E-state index in [1.165, 1.54) is 17.5 Å². The minimum atomic E-state index is -0.298. The molecule has 0 radical (unpaired) electrons. The number of β-amino-alcohol motifs (C(OH)–C–C–N with tert-alkyl or cyclic N) is 1. The lowest BCUT2D eigenvalue weighted by Gasteiger charge is -2.38. The lowest BCUT2D eigenvalue weighted by atomic mass is 9.78. The minimum Gasteiger partial charge on any atom is -0.399 e. The van der Waals surface area contributed by atoms with Crippen molar-refractivity contribution < 1.29 is 14.4 Å². The van der Waals surface area contributed by atoms with Gasteiger partial charge in [-0.15, -0.1) is 0 Å². The average molecular weight is 372 g/mol. The zero-order valence-corrected chi connectivity index (χ0v) is 17.2. The van der Waals surface area contributed by atoms with Crippen LogP contribution < -0.4 is 5.46 Å². The molecule has 0 bridgehead atoms. The molecule has 4 rings (SSSR count). The van der Waals surface area contributed by atoms with Crippen molar-refractivity contribution in [2.45, 2.75) is 57.8 Å². The average Bonchev–Trinajstić information content (AvgIpc) is 3.13. The van der Waals surface area contributed by atoms with Gasteiger partial charge >= 0.3 is 7.12 Å². The second kappa shape index (κ2) is 7.16. The first kappa shape index (κ1) is 19.4. The van der Waals surface area contributed by atoms with Crippen molar-refractivity contribution in [3.05, 3.63) is 29.3 Å². The van der Waals surface area contributed by atoms with Gasteiger partial charge in [0.15, 0.2) is 0 Å². The van der Waals surface area contributed by atoms with Gasteiger partial charge in [-0.05, 0) is 57.1 Å². The van der Waals surface area contributed by atoms with E-state index in [4.69, 9.17) is 14.4 Å². The summed E-state index contributed by atoms with van der Waals surface area (Å²) >= 11 is 0. The first-order chi connectivity index (χ1) is 12.8. The van der Waals surface area contributed by atoms with Crippen LogP contribution in [-0.4, -0.2) is 72.6 Å². The highest BCUT2D eigenvalue weighted by Crippen LogP contribution is 2.38. The van der Waals surface area contributed by atoms with Gasteiger partial charge in [0, 0.05) is 38.8 Å². The Morgan fingerprint density at radius 3 is 2.37 bits per heavy atom. The molecule has 0 saturated carbocycles. The molecule has 1 N–H and O–H groups in total. The molecule has 27 heavy (non-hydrogen) atoms. The third-order valence-electron chi connectivity index (χ3n) is 7.00. The number of aliphatic hydroxyl groups excluding tert-OH is 1. The molecule has 1 atom stereocenters. The number of benzene rings is 1. The van der Waals surface area contributed by atoms with E-state index in [0.717, 1.165) is 44.6 Å². The molecule has 0 unspecified atom stereocenters. The predicted molar refractivity (Wildman–Crippen MR) is 108 cm³/mol. The van der Waals surface area contributed by atoms with Crippen molar-refractivity contribution in [3.63, 3.8) is 0 Å². The van der Waals surface area contributed by atoms with Crippen LogP contribution in [-0.2, 0) is 15.7 Å². The van der Waals surface area contributed by atoms with Crippen LogP contribution >= 0.6 is 0 Å². The van der Waals surface area contributed by atoms with E-state index < -0.39 is 0 Å². The van der Waals surface area contributed by atoms with Gasteiger partial charge in [0.2, 0.25) is 0 Å². The van der Waals surface area contributed by atoms with Gasteiger partial charge in [0.05, 0.1) is 17.8 Å². The molecule has 0 spiro atoms. The number of rotatable bonds is 4. The second-order valence-corrected chi connectivity index (χ2v) is 9.20. The summed E-state index contributed by atoms with van der Waals surface area (Å²) in [6.45, 7) is 13.8. The molecule has 2 saturated heterocycles. The van der Waals surface area contributed by atoms with E-state index in [0.29, 0.717) is 6.04 Å². The van der Waals surface area contributed by atoms with E-state index in [9.17, 15) is 0 Å². The van der Waals surface area contributed by atoms with E-state index in [2.05, 4.69) is 55.7 Å². The Morgan fingerprint density at radius 1 is 1.07 bits per heavy atom. The Kier molecular flexibility index (Phi) is 5.14. The summed E-state index contributed by atoms with van der Waals surface area (Å²) in [5.41, 5.74) is 3.47. The van der Waals surface area contributed by atoms with Crippen molar-refractivity contribution in [1.29, 1.82) is 0 Å². The molecule has 6 heteroatoms. The lowest BCUT2D eigenvalue weighted by molar-refractivity contribution is 0.00578. The zero-order chi connectivity index (χ0) is 19.2. The fraction of sp³-hybridized carbons (Fsp3) is 0.714. The van der Waals surface area contributed by atoms with E-state index in [1.54, 1.807) is 0 Å². The molecule has 1 aromatic carbocycles. The number of fused-ring (bicyclic) bond motifs is 1. The van der Waals surface area contributed by atoms with Gasteiger partial charge in [-0.25, -0.2) is 0 Å². The van der Waals surface area contributed by atoms with Crippen molar-refractivity contribution in [3.8, 4) is 0 Å². The van der Waals surface area contributed by atoms with Crippen LogP contribution in [0.2, 0.25) is 0 Å². The van der Waals surface area contributed by atoms with Gasteiger partial charge in [-0.2, -0.15) is 0 Å². The van der Waals surface area contributed by atoms with Crippen molar-refractivity contribution in [2.24, 2.45) is 0 Å². The highest BCUT2D eigenvalue weighted by atomic mass is 16.7. The van der Waals surface area contributed by atoms with Gasteiger partial charge in [0.1, 0.15) is 0 Å². The zero-order valence-electron chi connectivity index (χ0n) is 17.2. The molecule has 0 amide bonds. The summed E-state index contributed by atoms with van der Waals surface area (Å²) in [5, 5.41) is 9.13. The van der Waals surface area contributed by atoms with Crippen LogP contribution in [0, 0.1) is 0 Å². The maximum absolute atomic E-state index is 9.13. The lowest BCUT2D eigenvalue weighted by Crippen LogP contribution is -2.48. The first-order valence-corrected chi connectivity index (χ1v) is 10.4. The smallest absolute Gasteiger partial charge is 0.399 e. The van der Waals surface area contributed by atoms with Gasteiger partial charge in [0.25, 0.3) is 0 Å². The van der Waals surface area contributed by atoms with Crippen LogP contribution in [0.3, 0.4) is 0 Å². The highest BCUT2D eigenvalue weighted by Gasteiger charge is 2.51. The molecule has 3 aliphatic rings. The van der Waals surface area contributed by atoms with E-state index >= 15 is 0 Å². The fourth-order valence-electron chi connectivity index (χ4n) is 4.56. The summed E-state index contributed by atoms with van der Waals surface area (Å²) in [6, 6.07) is 7.33. The summed E-state index contributed by atoms with van der Waals surface area (Å²) in [7, 11) is -0.277. The fourth-order valence-corrected chi connectivity index (χ4v) is 4.56. The molecule has 5 nitrogen and oxygen atoms in total. The van der Waals surface area contributed by atoms with Crippen molar-refractivity contribution in [1.82, 2.24) is 9.80 Å². The minimum absolute atomic E-state index is 0.258. The van der Waals surface area contributed by atoms with Crippen LogP contribution in [0.25, 0.3) is 0 Å². The maximum Gasteiger partial charge on any atom is 0.494 e. The molecule has 1 aliphatic carbocycles. The quantitative estimate of drug-likeness (QED) is 0.814. The first-order valence-electron chi connectivity index (χ1n) is 10.4. The molecule has 0 aromatic heterocycles. The van der Waals surface area contributed by atoms with Crippen molar-refractivity contribution >= 4 is 12.6 Å². The van der Waals surface area contributed by atoms with Crippen LogP contribution in [0.5, 0.6) is 0 Å². The third kappa shape index (κ3) is 3.58. The molecule has 2 fully saturated rings. The number of piperazine rings is 1. The van der Waals surface area contributed by atoms with Gasteiger partial charge in [-0.3, -0.25) is 9.80 Å². The molecule has 2 aliphatic heterocycles. The molecular formula is C21H33BN2O3. The van der Waals surface area contributed by atoms with Crippen LogP contribution in [0.4, 0.5) is 0 Å². The Labute approximate surface area is 163 Å². The number of hydrogen-bond donors (Lipinski definition) is 1. The standard InChI is InChI=1S/C21H33BN2O3/c1-20(2)21(3,4)27-22(26-20)17-6-7-18-16(15-17)5-8-19(18)24-11-9-23(10-12-24)13-14-25/h6-7,15,19,25H,5,8-14H2,1-4H3/t19-/m0/s1. The van der Waals surface area contributed by atoms with Crippen molar-refractivity contribution in [2.75, 3.05) is 39.3 Å². The number of nitrogens with zero attached hydrogens (tertiary/aromatic N) is 2. The predicted octanol–water partition coefficient (Wildman–Crippen LogP) is 1.58. The van der Waals surface area contributed by atoms with Crippen LogP contribution in [0.15, 0.2) is 18.2 Å². The van der Waals surface area contributed by atoms with E-state index in [1.807, 2.05) is 0 Å². The SMILES string of the molecule is CC1(C)OB(c2ccc3c(c2)CC[C@@H]3N2CCN(CCO)CC2)OC1(C)C. The summed E-state index contributed by atoms with van der Waals surface area (Å²) < 4.78 is 12.5. The summed E-state index contributed by atoms with van der Waals surface area (Å²) in [6.07, 6.45) is 2.33. The Morgan fingerprint density at radius 2 is 1.74 bits per heavy atom. The van der Waals surface area contributed by atoms with Gasteiger partial charge < -0.3 is 14.4 Å². The van der Waals surface area contributed by atoms with Crippen LogP contribution in [0.1, 0.15) is 51.3 Å². The maximum atomic E-state index is 9.13. The molecule has 1 aromatic rings. The number of aliphatic hydroxyl groups is 1. The number of aryl methyl sites for hydroxylation is 1. The Bertz CT molecular complexity index is 670. The Balaban J connectivity index is 1.46. The number of hydrogen-bond acceptors (Lipinski definition) is 5.